The van der Waals surface area contributed by atoms with Crippen molar-refractivity contribution in [1.82, 2.24) is 19.9 Å². The van der Waals surface area contributed by atoms with E-state index in [0.29, 0.717) is 19.2 Å². The van der Waals surface area contributed by atoms with Crippen LogP contribution in [0, 0.1) is 0 Å². The normalized spacial score (nSPS) is 14.0. The minimum Gasteiger partial charge on any atom is -0.490 e. The Hall–Kier alpha value is -3.29. The topological polar surface area (TPSA) is 85.1 Å². The zero-order valence-electron chi connectivity index (χ0n) is 15.9. The van der Waals surface area contributed by atoms with E-state index in [2.05, 4.69) is 25.8 Å². The van der Waals surface area contributed by atoms with Crippen molar-refractivity contribution in [1.29, 1.82) is 0 Å². The molecule has 8 nitrogen and oxygen atoms in total. The molecular weight excluding hydrogens is 356 g/mol. The summed E-state index contributed by atoms with van der Waals surface area (Å²) in [6, 6.07) is 11.7. The highest BCUT2D eigenvalue weighted by atomic mass is 16.5. The van der Waals surface area contributed by atoms with Crippen LogP contribution in [0.15, 0.2) is 47.6 Å². The standard InChI is InChI=1S/C20H24N6O2/c1-21-20(23-15-8-9-16-17(14-15)28-13-5-12-27-16)22-10-4-7-19-25-24-18-6-2-3-11-26(18)19/h2-3,6,8-9,11,14H,4-5,7,10,12-13H2,1H3,(H2,21,22,23). The molecule has 0 saturated carbocycles. The first kappa shape index (κ1) is 18.1. The maximum atomic E-state index is 5.74. The molecule has 0 saturated heterocycles. The van der Waals surface area contributed by atoms with Gasteiger partial charge >= 0.3 is 0 Å². The molecule has 0 radical (unpaired) electrons. The third-order valence-corrected chi connectivity index (χ3v) is 4.49. The first-order valence-corrected chi connectivity index (χ1v) is 9.49. The molecule has 0 unspecified atom stereocenters. The van der Waals surface area contributed by atoms with Crippen LogP contribution in [-0.4, -0.2) is 47.4 Å². The molecule has 3 aromatic rings. The second-order valence-electron chi connectivity index (χ2n) is 6.48. The number of hydrogen-bond donors (Lipinski definition) is 2. The molecule has 0 spiro atoms. The number of guanidine groups is 1. The number of aryl methyl sites for hydroxylation is 1. The van der Waals surface area contributed by atoms with Gasteiger partial charge in [0, 0.05) is 44.4 Å². The Balaban J connectivity index is 1.30. The number of nitrogens with one attached hydrogen (secondary N) is 2. The van der Waals surface area contributed by atoms with Crippen molar-refractivity contribution in [3.8, 4) is 11.5 Å². The summed E-state index contributed by atoms with van der Waals surface area (Å²) < 4.78 is 13.4. The third-order valence-electron chi connectivity index (χ3n) is 4.49. The Morgan fingerprint density at radius 3 is 2.93 bits per heavy atom. The number of fused-ring (bicyclic) bond motifs is 2. The van der Waals surface area contributed by atoms with Crippen LogP contribution in [0.3, 0.4) is 0 Å². The summed E-state index contributed by atoms with van der Waals surface area (Å²) in [7, 11) is 1.75. The van der Waals surface area contributed by atoms with Crippen LogP contribution in [0.25, 0.3) is 5.65 Å². The van der Waals surface area contributed by atoms with Crippen LogP contribution >= 0.6 is 0 Å². The average molecular weight is 380 g/mol. The van der Waals surface area contributed by atoms with E-state index in [1.807, 2.05) is 47.0 Å². The molecule has 2 aromatic heterocycles. The van der Waals surface area contributed by atoms with Gasteiger partial charge in [-0.05, 0) is 30.7 Å². The fourth-order valence-electron chi connectivity index (χ4n) is 3.07. The number of rotatable bonds is 5. The number of anilines is 1. The van der Waals surface area contributed by atoms with E-state index in [4.69, 9.17) is 9.47 Å². The molecule has 0 bridgehead atoms. The third kappa shape index (κ3) is 4.16. The van der Waals surface area contributed by atoms with Gasteiger partial charge < -0.3 is 20.1 Å². The minimum absolute atomic E-state index is 0.667. The number of pyridine rings is 1. The Kier molecular flexibility index (Phi) is 5.56. The molecule has 2 N–H and O–H groups in total. The Morgan fingerprint density at radius 2 is 2.04 bits per heavy atom. The first-order chi connectivity index (χ1) is 13.8. The van der Waals surface area contributed by atoms with Gasteiger partial charge in [-0.3, -0.25) is 9.39 Å². The second-order valence-corrected chi connectivity index (χ2v) is 6.48. The van der Waals surface area contributed by atoms with Gasteiger partial charge in [0.05, 0.1) is 13.2 Å². The van der Waals surface area contributed by atoms with Crippen LogP contribution in [0.4, 0.5) is 5.69 Å². The van der Waals surface area contributed by atoms with Gasteiger partial charge in [0.15, 0.2) is 23.1 Å². The summed E-state index contributed by atoms with van der Waals surface area (Å²) >= 11 is 0. The van der Waals surface area contributed by atoms with Gasteiger partial charge in [-0.2, -0.15) is 0 Å². The lowest BCUT2D eigenvalue weighted by Gasteiger charge is -2.14. The molecule has 1 aliphatic rings. The molecule has 146 valence electrons. The fourth-order valence-corrected chi connectivity index (χ4v) is 3.07. The number of benzene rings is 1. The van der Waals surface area contributed by atoms with E-state index < -0.39 is 0 Å². The lowest BCUT2D eigenvalue weighted by molar-refractivity contribution is 0.297. The summed E-state index contributed by atoms with van der Waals surface area (Å²) in [6.07, 6.45) is 4.63. The van der Waals surface area contributed by atoms with Crippen molar-refractivity contribution in [3.05, 3.63) is 48.4 Å². The van der Waals surface area contributed by atoms with Gasteiger partial charge in [0.25, 0.3) is 0 Å². The van der Waals surface area contributed by atoms with Gasteiger partial charge in [-0.25, -0.2) is 0 Å². The summed E-state index contributed by atoms with van der Waals surface area (Å²) in [6.45, 7) is 2.12. The number of aromatic nitrogens is 3. The van der Waals surface area contributed by atoms with Crippen LogP contribution in [0.2, 0.25) is 0 Å². The van der Waals surface area contributed by atoms with Crippen molar-refractivity contribution < 1.29 is 9.47 Å². The Labute approximate surface area is 163 Å². The molecule has 1 aliphatic heterocycles. The predicted octanol–water partition coefficient (Wildman–Crippen LogP) is 2.51. The number of nitrogens with zero attached hydrogens (tertiary/aromatic N) is 4. The Morgan fingerprint density at radius 1 is 1.14 bits per heavy atom. The molecule has 0 atom stereocenters. The van der Waals surface area contributed by atoms with Crippen LogP contribution < -0.4 is 20.1 Å². The summed E-state index contributed by atoms with van der Waals surface area (Å²) in [4.78, 5) is 4.29. The molecule has 0 amide bonds. The van der Waals surface area contributed by atoms with Gasteiger partial charge in [0.2, 0.25) is 0 Å². The van der Waals surface area contributed by atoms with E-state index >= 15 is 0 Å². The van der Waals surface area contributed by atoms with Crippen molar-refractivity contribution >= 4 is 17.3 Å². The molecule has 0 fully saturated rings. The lowest BCUT2D eigenvalue weighted by atomic mass is 10.2. The monoisotopic (exact) mass is 380 g/mol. The second kappa shape index (κ2) is 8.60. The largest absolute Gasteiger partial charge is 0.490 e. The zero-order chi connectivity index (χ0) is 19.2. The number of ether oxygens (including phenoxy) is 2. The van der Waals surface area contributed by atoms with E-state index in [1.165, 1.54) is 0 Å². The zero-order valence-corrected chi connectivity index (χ0v) is 15.9. The van der Waals surface area contributed by atoms with E-state index in [-0.39, 0.29) is 0 Å². The summed E-state index contributed by atoms with van der Waals surface area (Å²) in [5.41, 5.74) is 1.78. The van der Waals surface area contributed by atoms with E-state index in [9.17, 15) is 0 Å². The smallest absolute Gasteiger partial charge is 0.195 e. The molecule has 3 heterocycles. The van der Waals surface area contributed by atoms with E-state index in [0.717, 1.165) is 54.5 Å². The van der Waals surface area contributed by atoms with Crippen molar-refractivity contribution in [2.45, 2.75) is 19.3 Å². The highest BCUT2D eigenvalue weighted by Gasteiger charge is 2.11. The van der Waals surface area contributed by atoms with Crippen LogP contribution in [0.5, 0.6) is 11.5 Å². The van der Waals surface area contributed by atoms with Gasteiger partial charge in [-0.15, -0.1) is 10.2 Å². The molecule has 1 aromatic carbocycles. The quantitative estimate of drug-likeness (QED) is 0.402. The maximum Gasteiger partial charge on any atom is 0.195 e. The SMILES string of the molecule is CN=C(NCCCc1nnc2ccccn12)Nc1ccc2c(c1)OCCCO2. The summed E-state index contributed by atoms with van der Waals surface area (Å²) in [5.74, 6) is 3.21. The molecular formula is C20H24N6O2. The highest BCUT2D eigenvalue weighted by Crippen LogP contribution is 2.32. The predicted molar refractivity (Wildman–Crippen MR) is 108 cm³/mol. The average Bonchev–Trinajstić information content (AvgIpc) is 2.99. The van der Waals surface area contributed by atoms with E-state index in [1.54, 1.807) is 7.05 Å². The maximum absolute atomic E-state index is 5.74. The van der Waals surface area contributed by atoms with Gasteiger partial charge in [-0.1, -0.05) is 6.07 Å². The highest BCUT2D eigenvalue weighted by molar-refractivity contribution is 5.93. The number of aliphatic imine (C=N–C) groups is 1. The molecule has 4 rings (SSSR count). The first-order valence-electron chi connectivity index (χ1n) is 9.49. The van der Waals surface area contributed by atoms with Crippen molar-refractivity contribution in [3.63, 3.8) is 0 Å². The van der Waals surface area contributed by atoms with Crippen molar-refractivity contribution in [2.75, 3.05) is 32.1 Å². The van der Waals surface area contributed by atoms with Crippen molar-refractivity contribution in [2.24, 2.45) is 4.99 Å². The van der Waals surface area contributed by atoms with Crippen LogP contribution in [-0.2, 0) is 6.42 Å². The van der Waals surface area contributed by atoms with Gasteiger partial charge in [0.1, 0.15) is 5.82 Å². The molecule has 8 heteroatoms. The Bertz CT molecular complexity index is 968. The lowest BCUT2D eigenvalue weighted by Crippen LogP contribution is -2.31. The van der Waals surface area contributed by atoms with Crippen LogP contribution in [0.1, 0.15) is 18.7 Å². The molecule has 28 heavy (non-hydrogen) atoms. The minimum atomic E-state index is 0.667. The molecule has 0 aliphatic carbocycles. The fraction of sp³-hybridized carbons (Fsp3) is 0.350. The summed E-state index contributed by atoms with van der Waals surface area (Å²) in [5, 5.41) is 15.1. The number of hydrogen-bond acceptors (Lipinski definition) is 5.